The van der Waals surface area contributed by atoms with Crippen LogP contribution in [0, 0.1) is 13.8 Å². The second-order valence-corrected chi connectivity index (χ2v) is 3.41. The van der Waals surface area contributed by atoms with Crippen LogP contribution in [0.4, 0.5) is 17.4 Å². The number of anilines is 3. The Morgan fingerprint density at radius 2 is 2.00 bits per heavy atom. The van der Waals surface area contributed by atoms with E-state index in [1.165, 1.54) is 0 Å². The Balaban J connectivity index is 2.21. The van der Waals surface area contributed by atoms with Gasteiger partial charge < -0.3 is 15.5 Å². The zero-order valence-corrected chi connectivity index (χ0v) is 8.74. The third-order valence-electron chi connectivity index (χ3n) is 2.12. The van der Waals surface area contributed by atoms with Crippen molar-refractivity contribution in [2.75, 3.05) is 11.1 Å². The van der Waals surface area contributed by atoms with Gasteiger partial charge in [0, 0.05) is 6.07 Å². The van der Waals surface area contributed by atoms with E-state index in [4.69, 9.17) is 10.2 Å². The van der Waals surface area contributed by atoms with E-state index < -0.39 is 0 Å². The van der Waals surface area contributed by atoms with E-state index in [9.17, 15) is 0 Å². The molecule has 15 heavy (non-hydrogen) atoms. The van der Waals surface area contributed by atoms with Crippen molar-refractivity contribution in [1.82, 2.24) is 4.98 Å². The summed E-state index contributed by atoms with van der Waals surface area (Å²) in [6.45, 7) is 3.76. The Bertz CT molecular complexity index is 476. The first kappa shape index (κ1) is 9.58. The van der Waals surface area contributed by atoms with E-state index in [1.54, 1.807) is 0 Å². The molecule has 0 aliphatic rings. The number of pyridine rings is 1. The molecule has 0 aromatic carbocycles. The topological polar surface area (TPSA) is 64.1 Å². The molecule has 0 aliphatic heterocycles. The number of furan rings is 1. The molecule has 2 heterocycles. The molecule has 4 heteroatoms. The summed E-state index contributed by atoms with van der Waals surface area (Å²) in [5.74, 6) is 2.28. The third-order valence-corrected chi connectivity index (χ3v) is 2.12. The molecular weight excluding hydrogens is 190 g/mol. The average Bonchev–Trinajstić information content (AvgIpc) is 2.58. The first-order valence-corrected chi connectivity index (χ1v) is 4.72. The number of nitrogen functional groups attached to an aromatic ring is 1. The lowest BCUT2D eigenvalue weighted by molar-refractivity contribution is 0.551. The standard InChI is InChI=1S/C11H13N3O/c1-7-3-6-11(15-7)14-10-5-4-9(12)8(2)13-10/h3-6H,12H2,1-2H3,(H,13,14). The fraction of sp³-hybridized carbons (Fsp3) is 0.182. The van der Waals surface area contributed by atoms with Crippen LogP contribution < -0.4 is 11.1 Å². The van der Waals surface area contributed by atoms with Crippen LogP contribution in [0.1, 0.15) is 11.5 Å². The lowest BCUT2D eigenvalue weighted by Crippen LogP contribution is -1.97. The summed E-state index contributed by atoms with van der Waals surface area (Å²) in [5, 5.41) is 3.06. The van der Waals surface area contributed by atoms with Gasteiger partial charge in [0.1, 0.15) is 11.6 Å². The summed E-state index contributed by atoms with van der Waals surface area (Å²) in [7, 11) is 0. The van der Waals surface area contributed by atoms with Crippen LogP contribution in [0.3, 0.4) is 0 Å². The molecule has 0 atom stereocenters. The van der Waals surface area contributed by atoms with Crippen LogP contribution in [-0.2, 0) is 0 Å². The van der Waals surface area contributed by atoms with Crippen LogP contribution in [-0.4, -0.2) is 4.98 Å². The van der Waals surface area contributed by atoms with Gasteiger partial charge in [-0.15, -0.1) is 0 Å². The first-order chi connectivity index (χ1) is 7.15. The third kappa shape index (κ3) is 2.10. The summed E-state index contributed by atoms with van der Waals surface area (Å²) in [6.07, 6.45) is 0. The number of nitrogens with one attached hydrogen (secondary N) is 1. The largest absolute Gasteiger partial charge is 0.446 e. The maximum absolute atomic E-state index is 5.67. The molecule has 0 aliphatic carbocycles. The van der Waals surface area contributed by atoms with Gasteiger partial charge in [-0.2, -0.15) is 0 Å². The highest BCUT2D eigenvalue weighted by atomic mass is 16.4. The van der Waals surface area contributed by atoms with Crippen LogP contribution in [0.2, 0.25) is 0 Å². The van der Waals surface area contributed by atoms with Gasteiger partial charge in [0.25, 0.3) is 0 Å². The van der Waals surface area contributed by atoms with Gasteiger partial charge in [-0.3, -0.25) is 0 Å². The smallest absolute Gasteiger partial charge is 0.198 e. The number of rotatable bonds is 2. The van der Waals surface area contributed by atoms with Gasteiger partial charge in [0.05, 0.1) is 11.4 Å². The number of nitrogens with two attached hydrogens (primary N) is 1. The molecule has 0 fully saturated rings. The molecule has 0 unspecified atom stereocenters. The van der Waals surface area contributed by atoms with E-state index in [2.05, 4.69) is 10.3 Å². The fourth-order valence-corrected chi connectivity index (χ4v) is 1.27. The average molecular weight is 203 g/mol. The van der Waals surface area contributed by atoms with Crippen molar-refractivity contribution in [1.29, 1.82) is 0 Å². The molecule has 0 amide bonds. The van der Waals surface area contributed by atoms with E-state index in [-0.39, 0.29) is 0 Å². The van der Waals surface area contributed by atoms with E-state index in [0.717, 1.165) is 17.3 Å². The van der Waals surface area contributed by atoms with Gasteiger partial charge in [-0.25, -0.2) is 4.98 Å². The van der Waals surface area contributed by atoms with Gasteiger partial charge in [-0.1, -0.05) is 0 Å². The van der Waals surface area contributed by atoms with Crippen molar-refractivity contribution in [3.63, 3.8) is 0 Å². The molecule has 2 aromatic rings. The van der Waals surface area contributed by atoms with Crippen molar-refractivity contribution in [3.8, 4) is 0 Å². The maximum Gasteiger partial charge on any atom is 0.198 e. The molecular formula is C11H13N3O. The quantitative estimate of drug-likeness (QED) is 0.787. The fourth-order valence-electron chi connectivity index (χ4n) is 1.27. The van der Waals surface area contributed by atoms with Crippen molar-refractivity contribution in [2.45, 2.75) is 13.8 Å². The molecule has 3 N–H and O–H groups in total. The maximum atomic E-state index is 5.67. The Labute approximate surface area is 88.1 Å². The molecule has 4 nitrogen and oxygen atoms in total. The zero-order valence-electron chi connectivity index (χ0n) is 8.74. The number of hydrogen-bond acceptors (Lipinski definition) is 4. The summed E-state index contributed by atoms with van der Waals surface area (Å²) < 4.78 is 5.38. The SMILES string of the molecule is Cc1ccc(Nc2ccc(N)c(C)n2)o1. The summed E-state index contributed by atoms with van der Waals surface area (Å²) in [5.41, 5.74) is 7.17. The highest BCUT2D eigenvalue weighted by molar-refractivity contribution is 5.55. The zero-order chi connectivity index (χ0) is 10.8. The lowest BCUT2D eigenvalue weighted by Gasteiger charge is -2.04. The Morgan fingerprint density at radius 1 is 1.20 bits per heavy atom. The van der Waals surface area contributed by atoms with Crippen LogP contribution in [0.5, 0.6) is 0 Å². The highest BCUT2D eigenvalue weighted by Gasteiger charge is 2.01. The van der Waals surface area contributed by atoms with Gasteiger partial charge in [-0.05, 0) is 32.0 Å². The summed E-state index contributed by atoms with van der Waals surface area (Å²) >= 11 is 0. The van der Waals surface area contributed by atoms with Crippen LogP contribution in [0.25, 0.3) is 0 Å². The van der Waals surface area contributed by atoms with E-state index in [0.29, 0.717) is 11.6 Å². The second kappa shape index (κ2) is 3.65. The minimum atomic E-state index is 0.684. The lowest BCUT2D eigenvalue weighted by atomic mass is 10.3. The first-order valence-electron chi connectivity index (χ1n) is 4.72. The molecule has 0 bridgehead atoms. The van der Waals surface area contributed by atoms with Crippen molar-refractivity contribution in [3.05, 3.63) is 35.7 Å². The monoisotopic (exact) mass is 203 g/mol. The summed E-state index contributed by atoms with van der Waals surface area (Å²) in [4.78, 5) is 4.28. The summed E-state index contributed by atoms with van der Waals surface area (Å²) in [6, 6.07) is 7.40. The Hall–Kier alpha value is -1.97. The molecule has 2 rings (SSSR count). The minimum absolute atomic E-state index is 0.684. The molecule has 78 valence electrons. The number of aryl methyl sites for hydroxylation is 2. The molecule has 0 spiro atoms. The normalized spacial score (nSPS) is 10.3. The predicted molar refractivity (Wildman–Crippen MR) is 60.1 cm³/mol. The molecule has 0 saturated carbocycles. The molecule has 2 aromatic heterocycles. The van der Waals surface area contributed by atoms with Gasteiger partial charge >= 0.3 is 0 Å². The van der Waals surface area contributed by atoms with Crippen LogP contribution in [0.15, 0.2) is 28.7 Å². The highest BCUT2D eigenvalue weighted by Crippen LogP contribution is 2.19. The van der Waals surface area contributed by atoms with Gasteiger partial charge in [0.2, 0.25) is 0 Å². The van der Waals surface area contributed by atoms with Crippen molar-refractivity contribution < 1.29 is 4.42 Å². The van der Waals surface area contributed by atoms with Crippen molar-refractivity contribution in [2.24, 2.45) is 0 Å². The molecule has 0 saturated heterocycles. The Morgan fingerprint density at radius 3 is 2.60 bits per heavy atom. The van der Waals surface area contributed by atoms with Gasteiger partial charge in [0.15, 0.2) is 5.88 Å². The van der Waals surface area contributed by atoms with E-state index >= 15 is 0 Å². The van der Waals surface area contributed by atoms with Crippen LogP contribution >= 0.6 is 0 Å². The Kier molecular flexibility index (Phi) is 2.33. The van der Waals surface area contributed by atoms with Crippen molar-refractivity contribution >= 4 is 17.4 Å². The predicted octanol–water partition coefficient (Wildman–Crippen LogP) is 2.62. The molecule has 0 radical (unpaired) electrons. The number of nitrogens with zero attached hydrogens (tertiary/aromatic N) is 1. The second-order valence-electron chi connectivity index (χ2n) is 3.41. The minimum Gasteiger partial charge on any atom is -0.446 e. The number of hydrogen-bond donors (Lipinski definition) is 2. The number of aromatic nitrogens is 1. The van der Waals surface area contributed by atoms with E-state index in [1.807, 2.05) is 38.1 Å².